The fourth-order valence-electron chi connectivity index (χ4n) is 6.53. The first-order valence-electron chi connectivity index (χ1n) is 11.3. The second-order valence-corrected chi connectivity index (χ2v) is 9.88. The highest BCUT2D eigenvalue weighted by molar-refractivity contribution is 5.75. The number of allylic oxidation sites excluding steroid dienone is 1. The first kappa shape index (κ1) is 19.9. The van der Waals surface area contributed by atoms with Crippen LogP contribution in [0.5, 0.6) is 0 Å². The summed E-state index contributed by atoms with van der Waals surface area (Å²) in [6, 6.07) is 0. The number of nitrogens with one attached hydrogen (secondary N) is 1. The van der Waals surface area contributed by atoms with Gasteiger partial charge in [0.05, 0.1) is 32.2 Å². The van der Waals surface area contributed by atoms with Crippen molar-refractivity contribution >= 4 is 11.9 Å². The van der Waals surface area contributed by atoms with Gasteiger partial charge < -0.3 is 14.4 Å². The lowest BCUT2D eigenvalue weighted by Gasteiger charge is -2.50. The Balaban J connectivity index is 1.38. The van der Waals surface area contributed by atoms with E-state index in [0.29, 0.717) is 18.4 Å². The topological polar surface area (TPSA) is 57.0 Å². The maximum Gasteiger partial charge on any atom is 0.315 e. The molecule has 2 saturated carbocycles. The molecule has 1 N–H and O–H groups in total. The molecule has 0 aromatic heterocycles. The first-order chi connectivity index (χ1) is 13.4. The predicted molar refractivity (Wildman–Crippen MR) is 106 cm³/mol. The van der Waals surface area contributed by atoms with Crippen molar-refractivity contribution in [2.45, 2.75) is 64.9 Å². The number of rotatable bonds is 4. The van der Waals surface area contributed by atoms with E-state index >= 15 is 0 Å². The summed E-state index contributed by atoms with van der Waals surface area (Å²) in [6.07, 6.45) is 7.49. The van der Waals surface area contributed by atoms with Gasteiger partial charge in [0.1, 0.15) is 12.0 Å². The van der Waals surface area contributed by atoms with Gasteiger partial charge in [0.2, 0.25) is 0 Å². The second-order valence-electron chi connectivity index (χ2n) is 9.88. The number of esters is 2. The Kier molecular flexibility index (Phi) is 5.56. The Labute approximate surface area is 168 Å². The van der Waals surface area contributed by atoms with Crippen molar-refractivity contribution in [1.82, 2.24) is 0 Å². The van der Waals surface area contributed by atoms with Gasteiger partial charge in [0.25, 0.3) is 0 Å². The third kappa shape index (κ3) is 3.62. The number of piperidine rings is 1. The van der Waals surface area contributed by atoms with Crippen LogP contribution in [0.1, 0.15) is 58.8 Å². The zero-order valence-corrected chi connectivity index (χ0v) is 17.5. The minimum atomic E-state index is -0.0516. The molecule has 156 valence electrons. The zero-order chi connectivity index (χ0) is 19.9. The number of quaternary nitrogens is 1. The van der Waals surface area contributed by atoms with Crippen LogP contribution in [0.2, 0.25) is 0 Å². The van der Waals surface area contributed by atoms with Crippen LogP contribution in [-0.4, -0.2) is 44.3 Å². The molecule has 2 aliphatic carbocycles. The fourth-order valence-corrected chi connectivity index (χ4v) is 6.53. The van der Waals surface area contributed by atoms with Crippen molar-refractivity contribution in [3.05, 3.63) is 12.2 Å². The average Bonchev–Trinajstić information content (AvgIpc) is 2.95. The molecule has 0 aromatic carbocycles. The summed E-state index contributed by atoms with van der Waals surface area (Å²) in [7, 11) is 0. The monoisotopic (exact) mass is 390 g/mol. The normalized spacial score (nSPS) is 43.1. The Morgan fingerprint density at radius 1 is 1.36 bits per heavy atom. The van der Waals surface area contributed by atoms with Gasteiger partial charge >= 0.3 is 11.9 Å². The van der Waals surface area contributed by atoms with Gasteiger partial charge in [-0.25, -0.2) is 0 Å². The second kappa shape index (κ2) is 7.81. The van der Waals surface area contributed by atoms with Gasteiger partial charge in [-0.15, -0.1) is 0 Å². The van der Waals surface area contributed by atoms with Crippen LogP contribution in [0.15, 0.2) is 12.2 Å². The van der Waals surface area contributed by atoms with Crippen LogP contribution >= 0.6 is 0 Å². The molecule has 5 atom stereocenters. The molecule has 4 rings (SSSR count). The number of hydrogen-bond acceptors (Lipinski definition) is 4. The summed E-state index contributed by atoms with van der Waals surface area (Å²) in [5.41, 5.74) is 1.66. The van der Waals surface area contributed by atoms with Gasteiger partial charge in [0, 0.05) is 18.8 Å². The molecule has 0 spiro atoms. The number of carbonyl (C=O) groups is 2. The van der Waals surface area contributed by atoms with E-state index in [0.717, 1.165) is 51.7 Å². The lowest BCUT2D eigenvalue weighted by molar-refractivity contribution is -0.908. The minimum Gasteiger partial charge on any atom is -0.466 e. The molecule has 4 fully saturated rings. The smallest absolute Gasteiger partial charge is 0.315 e. The van der Waals surface area contributed by atoms with E-state index in [-0.39, 0.29) is 35.3 Å². The summed E-state index contributed by atoms with van der Waals surface area (Å²) in [4.78, 5) is 26.1. The van der Waals surface area contributed by atoms with Crippen molar-refractivity contribution in [1.29, 1.82) is 0 Å². The Morgan fingerprint density at radius 3 is 2.82 bits per heavy atom. The maximum absolute atomic E-state index is 12.7. The lowest BCUT2D eigenvalue weighted by atomic mass is 9.55. The van der Waals surface area contributed by atoms with Crippen molar-refractivity contribution in [2.75, 3.05) is 26.2 Å². The summed E-state index contributed by atoms with van der Waals surface area (Å²) >= 11 is 0. The third-order valence-electron chi connectivity index (χ3n) is 8.14. The Morgan fingerprint density at radius 2 is 2.11 bits per heavy atom. The van der Waals surface area contributed by atoms with Crippen LogP contribution in [0.4, 0.5) is 0 Å². The zero-order valence-electron chi connectivity index (χ0n) is 17.5. The number of carbonyl (C=O) groups excluding carboxylic acids is 2. The highest BCUT2D eigenvalue weighted by atomic mass is 16.6. The Hall–Kier alpha value is -1.36. The number of fused-ring (bicyclic) bond motifs is 2. The molecule has 28 heavy (non-hydrogen) atoms. The first-order valence-corrected chi connectivity index (χ1v) is 11.3. The molecule has 2 aliphatic heterocycles. The summed E-state index contributed by atoms with van der Waals surface area (Å²) < 4.78 is 11.1. The number of likely N-dealkylation sites (tertiary alicyclic amines) is 1. The van der Waals surface area contributed by atoms with Crippen LogP contribution in [0.25, 0.3) is 0 Å². The van der Waals surface area contributed by atoms with E-state index < -0.39 is 0 Å². The molecular weight excluding hydrogens is 354 g/mol. The highest BCUT2D eigenvalue weighted by Crippen LogP contribution is 2.56. The van der Waals surface area contributed by atoms with Gasteiger partial charge in [-0.2, -0.15) is 0 Å². The van der Waals surface area contributed by atoms with Crippen molar-refractivity contribution in [3.63, 3.8) is 0 Å². The van der Waals surface area contributed by atoms with E-state index in [4.69, 9.17) is 9.47 Å². The van der Waals surface area contributed by atoms with Crippen LogP contribution in [-0.2, 0) is 19.1 Å². The fraction of sp³-hybridized carbons (Fsp3) is 0.826. The molecule has 5 nitrogen and oxygen atoms in total. The molecule has 2 heterocycles. The SMILES string of the molecule is C=C1CCC[C@@]2(C)C[C@@H]3OC(=O)[C@@H](C[NH+]4CCC(C(=O)OCC)CC4)[C@H]3C[C@H]12. The van der Waals surface area contributed by atoms with Crippen LogP contribution in [0, 0.1) is 29.1 Å². The third-order valence-corrected chi connectivity index (χ3v) is 8.14. The molecule has 4 aliphatic rings. The van der Waals surface area contributed by atoms with E-state index in [2.05, 4.69) is 13.5 Å². The maximum atomic E-state index is 12.7. The van der Waals surface area contributed by atoms with Crippen LogP contribution in [0.3, 0.4) is 0 Å². The van der Waals surface area contributed by atoms with Crippen molar-refractivity contribution in [3.8, 4) is 0 Å². The summed E-state index contributed by atoms with van der Waals surface area (Å²) in [5, 5.41) is 0. The van der Waals surface area contributed by atoms with Crippen molar-refractivity contribution in [2.24, 2.45) is 29.1 Å². The largest absolute Gasteiger partial charge is 0.466 e. The van der Waals surface area contributed by atoms with Crippen LogP contribution < -0.4 is 4.90 Å². The van der Waals surface area contributed by atoms with E-state index in [1.807, 2.05) is 6.92 Å². The average molecular weight is 391 g/mol. The molecule has 0 radical (unpaired) electrons. The van der Waals surface area contributed by atoms with E-state index in [1.165, 1.54) is 23.3 Å². The van der Waals surface area contributed by atoms with E-state index in [9.17, 15) is 9.59 Å². The highest BCUT2D eigenvalue weighted by Gasteiger charge is 2.56. The predicted octanol–water partition coefficient (Wildman–Crippen LogP) is 2.16. The number of ether oxygens (including phenoxy) is 2. The molecule has 2 saturated heterocycles. The molecule has 0 unspecified atom stereocenters. The molecule has 5 heteroatoms. The standard InChI is InChI=1S/C23H35NO4/c1-4-27-21(25)16-7-10-24(11-8-16)14-18-17-12-19-15(2)6-5-9-23(19,3)13-20(17)28-22(18)26/h16-20H,2,4-14H2,1,3H3/p+1/t17-,18+,19-,20+,23+/m1/s1. The van der Waals surface area contributed by atoms with Crippen molar-refractivity contribution < 1.29 is 24.0 Å². The quantitative estimate of drug-likeness (QED) is 0.590. The van der Waals surface area contributed by atoms with Gasteiger partial charge in [0.15, 0.2) is 0 Å². The van der Waals surface area contributed by atoms with Gasteiger partial charge in [-0.05, 0) is 50.4 Å². The summed E-state index contributed by atoms with van der Waals surface area (Å²) in [5.74, 6) is 0.901. The molecular formula is C23H36NO4+. The summed E-state index contributed by atoms with van der Waals surface area (Å²) in [6.45, 7) is 11.8. The van der Waals surface area contributed by atoms with Gasteiger partial charge in [-0.1, -0.05) is 19.1 Å². The minimum absolute atomic E-state index is 0.0124. The molecule has 0 aromatic rings. The van der Waals surface area contributed by atoms with E-state index in [1.54, 1.807) is 0 Å². The molecule has 0 amide bonds. The lowest BCUT2D eigenvalue weighted by Crippen LogP contribution is -3.14. The Bertz CT molecular complexity index is 639. The molecule has 0 bridgehead atoms. The van der Waals surface area contributed by atoms with Gasteiger partial charge in [-0.3, -0.25) is 9.59 Å². The number of hydrogen-bond donors (Lipinski definition) is 1.